The Morgan fingerprint density at radius 1 is 1.20 bits per heavy atom. The summed E-state index contributed by atoms with van der Waals surface area (Å²) in [6.07, 6.45) is 6.83. The number of aliphatic hydroxyl groups is 1. The Bertz CT molecular complexity index is 1590. The molecule has 2 N–H and O–H groups in total. The molecule has 1 aromatic carbocycles. The predicted molar refractivity (Wildman–Crippen MR) is 157 cm³/mol. The van der Waals surface area contributed by atoms with E-state index < -0.39 is 12.8 Å². The van der Waals surface area contributed by atoms with Gasteiger partial charge in [-0.05, 0) is 43.0 Å². The lowest BCUT2D eigenvalue weighted by Gasteiger charge is -2.36. The lowest BCUT2D eigenvalue weighted by atomic mass is 9.96. The quantitative estimate of drug-likeness (QED) is 0.254. The topological polar surface area (TPSA) is 122 Å². The van der Waals surface area contributed by atoms with Gasteiger partial charge in [0.25, 0.3) is 0 Å². The molecular weight excluding hydrogens is 598 g/mol. The Labute approximate surface area is 257 Å². The van der Waals surface area contributed by atoms with E-state index in [1.807, 2.05) is 4.90 Å². The summed E-state index contributed by atoms with van der Waals surface area (Å²) in [5.74, 6) is 0.257. The largest absolute Gasteiger partial charge is 0.434 e. The van der Waals surface area contributed by atoms with E-state index >= 15 is 0 Å². The molecule has 0 bridgehead atoms. The van der Waals surface area contributed by atoms with Crippen molar-refractivity contribution in [3.8, 4) is 17.0 Å². The molecule has 1 unspecified atom stereocenters. The van der Waals surface area contributed by atoms with Crippen molar-refractivity contribution in [2.45, 2.75) is 32.2 Å². The average molecular weight is 631 g/mol. The van der Waals surface area contributed by atoms with Crippen molar-refractivity contribution in [2.75, 3.05) is 51.3 Å². The number of anilines is 1. The molecule has 0 radical (unpaired) electrons. The standard InChI is InChI=1S/C29H33ClF2N8O4/c30-20-2-3-24(44-29(31)32)21(14-20)26-23(35-28(42)22-15-34-40-7-1-6-33-27(22)40)17-39(36-26)18-25(41)38-8-4-19(5-9-38)16-37-10-12-43-13-11-37/h1-3,6-7,14-15,17,19,28-29,35,42H,4-5,8-13,16,18H2. The normalized spacial score (nSPS) is 17.3. The second-order valence-electron chi connectivity index (χ2n) is 10.9. The Morgan fingerprint density at radius 2 is 2.00 bits per heavy atom. The van der Waals surface area contributed by atoms with Crippen LogP contribution < -0.4 is 10.1 Å². The molecule has 0 saturated carbocycles. The minimum atomic E-state index is -3.09. The van der Waals surface area contributed by atoms with Crippen molar-refractivity contribution in [1.29, 1.82) is 0 Å². The zero-order chi connectivity index (χ0) is 30.6. The maximum absolute atomic E-state index is 13.3. The second kappa shape index (κ2) is 13.4. The molecule has 0 aliphatic carbocycles. The Morgan fingerprint density at radius 3 is 2.77 bits per heavy atom. The van der Waals surface area contributed by atoms with Crippen LogP contribution in [-0.4, -0.2) is 97.7 Å². The SMILES string of the molecule is O=C(Cn1cc(NC(O)c2cnn3cccnc23)c(-c2cc(Cl)ccc2OC(F)F)n1)N1CCC(CN2CCOCC2)CC1. The first-order valence-corrected chi connectivity index (χ1v) is 14.8. The fourth-order valence-corrected chi connectivity index (χ4v) is 5.88. The Kier molecular flexibility index (Phi) is 9.21. The number of halogens is 3. The van der Waals surface area contributed by atoms with Gasteiger partial charge in [-0.25, -0.2) is 9.50 Å². The van der Waals surface area contributed by atoms with Gasteiger partial charge in [0.15, 0.2) is 11.9 Å². The third-order valence-corrected chi connectivity index (χ3v) is 8.19. The monoisotopic (exact) mass is 630 g/mol. The van der Waals surface area contributed by atoms with E-state index in [0.717, 1.165) is 45.7 Å². The molecule has 2 fully saturated rings. The number of benzene rings is 1. The first kappa shape index (κ1) is 30.2. The molecule has 4 aromatic rings. The average Bonchev–Trinajstić information content (AvgIpc) is 3.63. The lowest BCUT2D eigenvalue weighted by Crippen LogP contribution is -2.45. The minimum Gasteiger partial charge on any atom is -0.434 e. The van der Waals surface area contributed by atoms with E-state index in [1.54, 1.807) is 24.7 Å². The van der Waals surface area contributed by atoms with Crippen molar-refractivity contribution in [3.05, 3.63) is 59.6 Å². The number of aromatic nitrogens is 5. The van der Waals surface area contributed by atoms with Crippen LogP contribution in [0.4, 0.5) is 14.5 Å². The van der Waals surface area contributed by atoms with Gasteiger partial charge >= 0.3 is 6.61 Å². The smallest absolute Gasteiger partial charge is 0.387 e. The van der Waals surface area contributed by atoms with Gasteiger partial charge in [-0.2, -0.15) is 19.0 Å². The van der Waals surface area contributed by atoms with E-state index in [1.165, 1.54) is 33.6 Å². The fourth-order valence-electron chi connectivity index (χ4n) is 5.71. The molecule has 2 saturated heterocycles. The maximum Gasteiger partial charge on any atom is 0.387 e. The molecule has 15 heteroatoms. The van der Waals surface area contributed by atoms with Crippen molar-refractivity contribution < 1.29 is 28.2 Å². The lowest BCUT2D eigenvalue weighted by molar-refractivity contribution is -0.133. The van der Waals surface area contributed by atoms with Crippen molar-refractivity contribution in [3.63, 3.8) is 0 Å². The van der Waals surface area contributed by atoms with E-state index in [9.17, 15) is 18.7 Å². The molecule has 0 spiro atoms. The van der Waals surface area contributed by atoms with Crippen LogP contribution in [0.25, 0.3) is 16.9 Å². The fraction of sp³-hybridized carbons (Fsp3) is 0.448. The van der Waals surface area contributed by atoms with Gasteiger partial charge in [0.2, 0.25) is 5.91 Å². The Hall–Kier alpha value is -3.85. The third kappa shape index (κ3) is 6.93. The molecule has 2 aliphatic heterocycles. The number of alkyl halides is 2. The molecule has 12 nitrogen and oxygen atoms in total. The van der Waals surface area contributed by atoms with Gasteiger partial charge < -0.3 is 24.8 Å². The van der Waals surface area contributed by atoms with Gasteiger partial charge in [0.1, 0.15) is 18.0 Å². The summed E-state index contributed by atoms with van der Waals surface area (Å²) in [6, 6.07) is 5.91. The highest BCUT2D eigenvalue weighted by Crippen LogP contribution is 2.38. The highest BCUT2D eigenvalue weighted by molar-refractivity contribution is 6.31. The molecule has 234 valence electrons. The maximum atomic E-state index is 13.3. The number of carbonyl (C=O) groups is 1. The van der Waals surface area contributed by atoms with Gasteiger partial charge in [0.05, 0.1) is 30.7 Å². The zero-order valence-corrected chi connectivity index (χ0v) is 24.6. The van der Waals surface area contributed by atoms with Crippen molar-refractivity contribution >= 4 is 28.8 Å². The van der Waals surface area contributed by atoms with Gasteiger partial charge in [0, 0.05) is 61.9 Å². The first-order valence-electron chi connectivity index (χ1n) is 14.5. The number of hydrogen-bond acceptors (Lipinski definition) is 9. The van der Waals surface area contributed by atoms with Crippen LogP contribution in [0.5, 0.6) is 5.75 Å². The van der Waals surface area contributed by atoms with E-state index in [4.69, 9.17) is 21.1 Å². The number of carbonyl (C=O) groups excluding carboxylic acids is 1. The predicted octanol–water partition coefficient (Wildman–Crippen LogP) is 3.52. The van der Waals surface area contributed by atoms with Crippen LogP contribution in [0.1, 0.15) is 24.6 Å². The number of nitrogens with one attached hydrogen (secondary N) is 1. The molecule has 1 atom stereocenters. The van der Waals surface area contributed by atoms with Crippen LogP contribution in [-0.2, 0) is 16.1 Å². The summed E-state index contributed by atoms with van der Waals surface area (Å²) in [5.41, 5.74) is 1.42. The minimum absolute atomic E-state index is 0.0806. The molecule has 44 heavy (non-hydrogen) atoms. The van der Waals surface area contributed by atoms with Gasteiger partial charge in [-0.3, -0.25) is 14.4 Å². The second-order valence-corrected chi connectivity index (χ2v) is 11.3. The molecular formula is C29H33ClF2N8O4. The van der Waals surface area contributed by atoms with Crippen LogP contribution in [0, 0.1) is 5.92 Å². The number of amides is 1. The summed E-state index contributed by atoms with van der Waals surface area (Å²) in [5, 5.41) is 23.2. The third-order valence-electron chi connectivity index (χ3n) is 7.95. The molecule has 3 aromatic heterocycles. The molecule has 5 heterocycles. The van der Waals surface area contributed by atoms with Crippen LogP contribution in [0.15, 0.2) is 49.1 Å². The van der Waals surface area contributed by atoms with Crippen molar-refractivity contribution in [2.24, 2.45) is 5.92 Å². The summed E-state index contributed by atoms with van der Waals surface area (Å²) in [4.78, 5) is 21.9. The molecule has 6 rings (SSSR count). The summed E-state index contributed by atoms with van der Waals surface area (Å²) in [6.45, 7) is 2.54. The van der Waals surface area contributed by atoms with Crippen LogP contribution in [0.2, 0.25) is 5.02 Å². The number of likely N-dealkylation sites (tertiary alicyclic amines) is 1. The number of fused-ring (bicyclic) bond motifs is 1. The highest BCUT2D eigenvalue weighted by atomic mass is 35.5. The number of piperidine rings is 1. The van der Waals surface area contributed by atoms with E-state index in [-0.39, 0.29) is 40.2 Å². The van der Waals surface area contributed by atoms with Crippen LogP contribution in [0.3, 0.4) is 0 Å². The number of hydrogen-bond donors (Lipinski definition) is 2. The van der Waals surface area contributed by atoms with Gasteiger partial charge in [-0.15, -0.1) is 0 Å². The number of aliphatic hydroxyl groups excluding tert-OH is 1. The van der Waals surface area contributed by atoms with E-state index in [2.05, 4.69) is 25.4 Å². The molecule has 1 amide bonds. The number of morpholine rings is 1. The first-order chi connectivity index (χ1) is 21.3. The van der Waals surface area contributed by atoms with Crippen molar-refractivity contribution in [1.82, 2.24) is 34.2 Å². The number of nitrogens with zero attached hydrogens (tertiary/aromatic N) is 7. The summed E-state index contributed by atoms with van der Waals surface area (Å²) >= 11 is 6.24. The summed E-state index contributed by atoms with van der Waals surface area (Å²) < 4.78 is 39.7. The van der Waals surface area contributed by atoms with E-state index in [0.29, 0.717) is 30.2 Å². The number of rotatable bonds is 10. The summed E-state index contributed by atoms with van der Waals surface area (Å²) in [7, 11) is 0. The molecule has 2 aliphatic rings. The number of ether oxygens (including phenoxy) is 2. The Balaban J connectivity index is 1.22. The highest BCUT2D eigenvalue weighted by Gasteiger charge is 2.27. The van der Waals surface area contributed by atoms with Crippen LogP contribution >= 0.6 is 11.6 Å². The van der Waals surface area contributed by atoms with Gasteiger partial charge in [-0.1, -0.05) is 11.6 Å². The zero-order valence-electron chi connectivity index (χ0n) is 23.9.